The number of likely N-dealkylation sites (tertiary alicyclic amines) is 1. The molecule has 0 saturated carbocycles. The highest BCUT2D eigenvalue weighted by Gasteiger charge is 2.26. The predicted octanol–water partition coefficient (Wildman–Crippen LogP) is 2.68. The molecule has 3 rings (SSSR count). The van der Waals surface area contributed by atoms with Gasteiger partial charge in [0.1, 0.15) is 5.82 Å². The lowest BCUT2D eigenvalue weighted by molar-refractivity contribution is -0.129. The Kier molecular flexibility index (Phi) is 4.18. The Balaban J connectivity index is 1.63. The topological polar surface area (TPSA) is 59.2 Å². The standard InChI is InChI=1S/C16H18FN3O2/c1-2-15(21)20-8-7-11(10-20)9-14-18-16(22-19-14)12-3-5-13(17)6-4-12/h3-6,11H,2,7-10H2,1H3. The molecule has 116 valence electrons. The molecule has 1 aromatic heterocycles. The first-order valence-electron chi connectivity index (χ1n) is 7.52. The zero-order chi connectivity index (χ0) is 15.5. The molecule has 0 bridgehead atoms. The SMILES string of the molecule is CCC(=O)N1CCC(Cc2noc(-c3ccc(F)cc3)n2)C1. The summed E-state index contributed by atoms with van der Waals surface area (Å²) in [6.07, 6.45) is 2.20. The average Bonchev–Trinajstić information content (AvgIpc) is 3.17. The van der Waals surface area contributed by atoms with Crippen LogP contribution in [0.25, 0.3) is 11.5 Å². The van der Waals surface area contributed by atoms with Crippen LogP contribution >= 0.6 is 0 Å². The number of halogens is 1. The largest absolute Gasteiger partial charge is 0.342 e. The maximum absolute atomic E-state index is 12.9. The Morgan fingerprint density at radius 1 is 1.41 bits per heavy atom. The number of hydrogen-bond donors (Lipinski definition) is 0. The lowest BCUT2D eigenvalue weighted by Crippen LogP contribution is -2.28. The molecule has 22 heavy (non-hydrogen) atoms. The smallest absolute Gasteiger partial charge is 0.257 e. The van der Waals surface area contributed by atoms with E-state index in [1.54, 1.807) is 12.1 Å². The van der Waals surface area contributed by atoms with E-state index in [4.69, 9.17) is 4.52 Å². The molecule has 0 N–H and O–H groups in total. The molecular weight excluding hydrogens is 285 g/mol. The van der Waals surface area contributed by atoms with Crippen molar-refractivity contribution < 1.29 is 13.7 Å². The van der Waals surface area contributed by atoms with Gasteiger partial charge < -0.3 is 9.42 Å². The summed E-state index contributed by atoms with van der Waals surface area (Å²) < 4.78 is 18.1. The number of benzene rings is 1. The molecule has 0 aliphatic carbocycles. The fourth-order valence-electron chi connectivity index (χ4n) is 2.75. The molecule has 5 nitrogen and oxygen atoms in total. The lowest BCUT2D eigenvalue weighted by atomic mass is 10.1. The van der Waals surface area contributed by atoms with Crippen molar-refractivity contribution in [2.45, 2.75) is 26.2 Å². The van der Waals surface area contributed by atoms with Crippen LogP contribution in [0.3, 0.4) is 0 Å². The third kappa shape index (κ3) is 3.16. The monoisotopic (exact) mass is 303 g/mol. The predicted molar refractivity (Wildman–Crippen MR) is 78.4 cm³/mol. The molecule has 1 unspecified atom stereocenters. The zero-order valence-corrected chi connectivity index (χ0v) is 12.5. The summed E-state index contributed by atoms with van der Waals surface area (Å²) in [6.45, 7) is 3.44. The van der Waals surface area contributed by atoms with Gasteiger partial charge >= 0.3 is 0 Å². The van der Waals surface area contributed by atoms with Gasteiger partial charge in [0, 0.05) is 31.5 Å². The quantitative estimate of drug-likeness (QED) is 0.871. The van der Waals surface area contributed by atoms with Gasteiger partial charge in [-0.1, -0.05) is 12.1 Å². The van der Waals surface area contributed by atoms with E-state index in [1.165, 1.54) is 12.1 Å². The molecule has 2 aromatic rings. The van der Waals surface area contributed by atoms with Crippen molar-refractivity contribution in [3.63, 3.8) is 0 Å². The molecule has 6 heteroatoms. The number of hydrogen-bond acceptors (Lipinski definition) is 4. The molecule has 2 heterocycles. The van der Waals surface area contributed by atoms with Gasteiger partial charge in [0.25, 0.3) is 5.89 Å². The van der Waals surface area contributed by atoms with Crippen molar-refractivity contribution in [1.29, 1.82) is 0 Å². The van der Waals surface area contributed by atoms with Gasteiger partial charge in [-0.05, 0) is 36.6 Å². The second-order valence-corrected chi connectivity index (χ2v) is 5.57. The summed E-state index contributed by atoms with van der Waals surface area (Å²) >= 11 is 0. The van der Waals surface area contributed by atoms with Crippen molar-refractivity contribution in [3.8, 4) is 11.5 Å². The van der Waals surface area contributed by atoms with Crippen LogP contribution in [0, 0.1) is 11.7 Å². The molecular formula is C16H18FN3O2. The Labute approximate surface area is 128 Å². The number of rotatable bonds is 4. The molecule has 0 spiro atoms. The first kappa shape index (κ1) is 14.7. The van der Waals surface area contributed by atoms with Crippen LogP contribution in [-0.4, -0.2) is 34.0 Å². The Morgan fingerprint density at radius 3 is 2.91 bits per heavy atom. The highest BCUT2D eigenvalue weighted by molar-refractivity contribution is 5.76. The maximum atomic E-state index is 12.9. The van der Waals surface area contributed by atoms with Gasteiger partial charge in [0.2, 0.25) is 5.91 Å². The number of nitrogens with zero attached hydrogens (tertiary/aromatic N) is 3. The maximum Gasteiger partial charge on any atom is 0.257 e. The second kappa shape index (κ2) is 6.25. The van der Waals surface area contributed by atoms with E-state index in [9.17, 15) is 9.18 Å². The molecule has 1 amide bonds. The number of carbonyl (C=O) groups is 1. The minimum Gasteiger partial charge on any atom is -0.342 e. The fourth-order valence-corrected chi connectivity index (χ4v) is 2.75. The fraction of sp³-hybridized carbons (Fsp3) is 0.438. The van der Waals surface area contributed by atoms with Crippen LogP contribution in [0.5, 0.6) is 0 Å². The molecule has 1 aliphatic rings. The number of aromatic nitrogens is 2. The van der Waals surface area contributed by atoms with Gasteiger partial charge in [-0.3, -0.25) is 4.79 Å². The molecule has 1 atom stereocenters. The first-order chi connectivity index (χ1) is 10.7. The number of carbonyl (C=O) groups excluding carboxylic acids is 1. The molecule has 1 aliphatic heterocycles. The summed E-state index contributed by atoms with van der Waals surface area (Å²) in [5.41, 5.74) is 0.703. The van der Waals surface area contributed by atoms with E-state index in [-0.39, 0.29) is 11.7 Å². The highest BCUT2D eigenvalue weighted by atomic mass is 19.1. The van der Waals surface area contributed by atoms with Crippen LogP contribution in [-0.2, 0) is 11.2 Å². The molecule has 1 fully saturated rings. The Hall–Kier alpha value is -2.24. The highest BCUT2D eigenvalue weighted by Crippen LogP contribution is 2.22. The summed E-state index contributed by atoms with van der Waals surface area (Å²) in [6, 6.07) is 5.96. The van der Waals surface area contributed by atoms with Gasteiger partial charge in [-0.2, -0.15) is 4.98 Å². The molecule has 1 aromatic carbocycles. The van der Waals surface area contributed by atoms with Crippen LogP contribution in [0.15, 0.2) is 28.8 Å². The van der Waals surface area contributed by atoms with Crippen LogP contribution in [0.4, 0.5) is 4.39 Å². The molecule has 1 saturated heterocycles. The van der Waals surface area contributed by atoms with Crippen molar-refractivity contribution in [1.82, 2.24) is 15.0 Å². The van der Waals surface area contributed by atoms with Crippen molar-refractivity contribution in [3.05, 3.63) is 35.9 Å². The van der Waals surface area contributed by atoms with E-state index < -0.39 is 0 Å². The van der Waals surface area contributed by atoms with Crippen LogP contribution in [0.1, 0.15) is 25.6 Å². The van der Waals surface area contributed by atoms with Gasteiger partial charge in [-0.15, -0.1) is 0 Å². The van der Waals surface area contributed by atoms with Crippen molar-refractivity contribution in [2.75, 3.05) is 13.1 Å². The summed E-state index contributed by atoms with van der Waals surface area (Å²) in [5.74, 6) is 1.30. The average molecular weight is 303 g/mol. The zero-order valence-electron chi connectivity index (χ0n) is 12.5. The number of amides is 1. The van der Waals surface area contributed by atoms with Gasteiger partial charge in [0.05, 0.1) is 0 Å². The normalized spacial score (nSPS) is 17.9. The third-order valence-electron chi connectivity index (χ3n) is 3.97. The first-order valence-corrected chi connectivity index (χ1v) is 7.52. The lowest BCUT2D eigenvalue weighted by Gasteiger charge is -2.14. The van der Waals surface area contributed by atoms with E-state index >= 15 is 0 Å². The summed E-state index contributed by atoms with van der Waals surface area (Å²) in [7, 11) is 0. The van der Waals surface area contributed by atoms with Crippen molar-refractivity contribution >= 4 is 5.91 Å². The Morgan fingerprint density at radius 2 is 2.18 bits per heavy atom. The summed E-state index contributed by atoms with van der Waals surface area (Å²) in [4.78, 5) is 17.9. The summed E-state index contributed by atoms with van der Waals surface area (Å²) in [5, 5.41) is 3.99. The van der Waals surface area contributed by atoms with Gasteiger partial charge in [0.15, 0.2) is 5.82 Å². The minimum absolute atomic E-state index is 0.197. The second-order valence-electron chi connectivity index (χ2n) is 5.57. The van der Waals surface area contributed by atoms with E-state index in [0.717, 1.165) is 19.5 Å². The van der Waals surface area contributed by atoms with Gasteiger partial charge in [-0.25, -0.2) is 4.39 Å². The van der Waals surface area contributed by atoms with Crippen LogP contribution in [0.2, 0.25) is 0 Å². The minimum atomic E-state index is -0.296. The van der Waals surface area contributed by atoms with E-state index in [2.05, 4.69) is 10.1 Å². The van der Waals surface area contributed by atoms with E-state index in [0.29, 0.717) is 36.0 Å². The van der Waals surface area contributed by atoms with Crippen LogP contribution < -0.4 is 0 Å². The molecule has 0 radical (unpaired) electrons. The third-order valence-corrected chi connectivity index (χ3v) is 3.97. The van der Waals surface area contributed by atoms with Crippen molar-refractivity contribution in [2.24, 2.45) is 5.92 Å². The Bertz CT molecular complexity index is 654. The van der Waals surface area contributed by atoms with E-state index in [1.807, 2.05) is 11.8 Å².